The molecule has 9 nitrogen and oxygen atoms in total. The van der Waals surface area contributed by atoms with E-state index >= 15 is 0 Å². The third kappa shape index (κ3) is 9.65. The lowest BCUT2D eigenvalue weighted by Gasteiger charge is -2.20. The van der Waals surface area contributed by atoms with Crippen LogP contribution in [-0.2, 0) is 22.6 Å². The highest BCUT2D eigenvalue weighted by atomic mass is 16.6. The van der Waals surface area contributed by atoms with Crippen LogP contribution in [0.3, 0.4) is 0 Å². The number of carbonyl (C=O) groups is 2. The van der Waals surface area contributed by atoms with Crippen molar-refractivity contribution in [2.45, 2.75) is 65.8 Å². The van der Waals surface area contributed by atoms with Crippen LogP contribution in [0.5, 0.6) is 0 Å². The van der Waals surface area contributed by atoms with E-state index in [4.69, 9.17) is 14.5 Å². The maximum absolute atomic E-state index is 12.2. The topological polar surface area (TPSA) is 114 Å². The van der Waals surface area contributed by atoms with Crippen molar-refractivity contribution in [1.82, 2.24) is 4.98 Å². The van der Waals surface area contributed by atoms with E-state index in [1.807, 2.05) is 108 Å². The molecule has 0 aliphatic heterocycles. The highest BCUT2D eigenvalue weighted by molar-refractivity contribution is 5.90. The number of hydrogen-bond acceptors (Lipinski definition) is 7. The van der Waals surface area contributed by atoms with Crippen molar-refractivity contribution in [2.24, 2.45) is 0 Å². The smallest absolute Gasteiger partial charge is 0.412 e. The highest BCUT2D eigenvalue weighted by Crippen LogP contribution is 2.24. The molecule has 0 aliphatic rings. The van der Waals surface area contributed by atoms with Crippen LogP contribution in [0.15, 0.2) is 66.7 Å². The molecular weight excluding hydrogens is 482 g/mol. The lowest BCUT2D eigenvalue weighted by Crippen LogP contribution is -2.27. The summed E-state index contributed by atoms with van der Waals surface area (Å²) >= 11 is 0. The zero-order valence-electron chi connectivity index (χ0n) is 22.8. The molecule has 4 N–H and O–H groups in total. The van der Waals surface area contributed by atoms with Gasteiger partial charge in [0.15, 0.2) is 0 Å². The van der Waals surface area contributed by atoms with Gasteiger partial charge in [0.1, 0.15) is 11.2 Å². The minimum Gasteiger partial charge on any atom is -0.444 e. The molecular formula is C29H37N5O4. The van der Waals surface area contributed by atoms with Gasteiger partial charge in [0, 0.05) is 0 Å². The molecule has 0 saturated heterocycles. The van der Waals surface area contributed by atoms with Gasteiger partial charge in [0.2, 0.25) is 0 Å². The molecule has 2 aromatic carbocycles. The first-order valence-corrected chi connectivity index (χ1v) is 12.5. The summed E-state index contributed by atoms with van der Waals surface area (Å²) in [4.78, 5) is 29.2. The van der Waals surface area contributed by atoms with Crippen LogP contribution in [0.4, 0.5) is 32.3 Å². The van der Waals surface area contributed by atoms with Gasteiger partial charge in [0.25, 0.3) is 0 Å². The molecule has 0 unspecified atom stereocenters. The number of anilines is 4. The van der Waals surface area contributed by atoms with Crippen molar-refractivity contribution < 1.29 is 19.1 Å². The van der Waals surface area contributed by atoms with Gasteiger partial charge < -0.3 is 20.1 Å². The Kier molecular flexibility index (Phi) is 9.17. The molecule has 3 rings (SSSR count). The predicted molar refractivity (Wildman–Crippen MR) is 151 cm³/mol. The summed E-state index contributed by atoms with van der Waals surface area (Å²) in [6.45, 7) is 11.8. The van der Waals surface area contributed by atoms with Gasteiger partial charge in [-0.05, 0) is 77.9 Å². The molecule has 9 heteroatoms. The van der Waals surface area contributed by atoms with Crippen molar-refractivity contribution in [2.75, 3.05) is 21.3 Å². The van der Waals surface area contributed by atoms with Crippen LogP contribution >= 0.6 is 0 Å². The normalized spacial score (nSPS) is 11.3. The van der Waals surface area contributed by atoms with Gasteiger partial charge in [-0.3, -0.25) is 15.6 Å². The second-order valence-corrected chi connectivity index (χ2v) is 10.7. The molecule has 0 saturated carbocycles. The van der Waals surface area contributed by atoms with Crippen LogP contribution < -0.4 is 21.3 Å². The van der Waals surface area contributed by atoms with E-state index in [1.165, 1.54) is 0 Å². The van der Waals surface area contributed by atoms with E-state index in [9.17, 15) is 9.59 Å². The van der Waals surface area contributed by atoms with Gasteiger partial charge in [-0.1, -0.05) is 30.3 Å². The summed E-state index contributed by atoms with van der Waals surface area (Å²) in [6, 6.07) is 20.6. The average Bonchev–Trinajstić information content (AvgIpc) is 2.81. The number of para-hydroxylation sites is 4. The van der Waals surface area contributed by atoms with E-state index in [0.29, 0.717) is 24.5 Å². The summed E-state index contributed by atoms with van der Waals surface area (Å²) in [5.41, 5.74) is 3.24. The summed E-state index contributed by atoms with van der Waals surface area (Å²) in [7, 11) is 0. The van der Waals surface area contributed by atoms with Crippen LogP contribution in [-0.4, -0.2) is 28.4 Å². The van der Waals surface area contributed by atoms with Gasteiger partial charge in [-0.2, -0.15) is 0 Å². The SMILES string of the molecule is CC(C)(C)OC(=O)Nc1ccccc1NCc1cccc(CNc2ccccc2NC(=O)OC(C)(C)C)n1. The number of carbonyl (C=O) groups excluding carboxylic acids is 2. The van der Waals surface area contributed by atoms with Gasteiger partial charge in [0.05, 0.1) is 47.2 Å². The number of ether oxygens (including phenoxy) is 2. The number of hydrogen-bond donors (Lipinski definition) is 4. The number of amides is 2. The van der Waals surface area contributed by atoms with E-state index in [-0.39, 0.29) is 0 Å². The number of aromatic nitrogens is 1. The first-order valence-electron chi connectivity index (χ1n) is 12.5. The lowest BCUT2D eigenvalue weighted by molar-refractivity contribution is 0.0624. The number of pyridine rings is 1. The number of nitrogens with one attached hydrogen (secondary N) is 4. The Morgan fingerprint density at radius 3 is 1.34 bits per heavy atom. The third-order valence-electron chi connectivity index (χ3n) is 4.91. The molecule has 0 fully saturated rings. The minimum atomic E-state index is -0.586. The van der Waals surface area contributed by atoms with Crippen molar-refractivity contribution >= 4 is 34.9 Å². The summed E-state index contributed by atoms with van der Waals surface area (Å²) < 4.78 is 10.7. The number of nitrogens with zero attached hydrogens (tertiary/aromatic N) is 1. The van der Waals surface area contributed by atoms with E-state index in [0.717, 1.165) is 22.8 Å². The monoisotopic (exact) mass is 519 g/mol. The average molecular weight is 520 g/mol. The second-order valence-electron chi connectivity index (χ2n) is 10.7. The van der Waals surface area contributed by atoms with Crippen LogP contribution in [0.25, 0.3) is 0 Å². The van der Waals surface area contributed by atoms with Gasteiger partial charge >= 0.3 is 12.2 Å². The Bertz CT molecular complexity index is 1160. The third-order valence-corrected chi connectivity index (χ3v) is 4.91. The van der Waals surface area contributed by atoms with Crippen molar-refractivity contribution in [1.29, 1.82) is 0 Å². The second kappa shape index (κ2) is 12.3. The molecule has 0 atom stereocenters. The first-order chi connectivity index (χ1) is 17.9. The lowest BCUT2D eigenvalue weighted by atomic mass is 10.2. The fraction of sp³-hybridized carbons (Fsp3) is 0.345. The highest BCUT2D eigenvalue weighted by Gasteiger charge is 2.18. The largest absolute Gasteiger partial charge is 0.444 e. The van der Waals surface area contributed by atoms with Crippen LogP contribution in [0, 0.1) is 0 Å². The number of benzene rings is 2. The Labute approximate surface area is 224 Å². The molecule has 2 amide bonds. The Hall–Kier alpha value is -4.27. The quantitative estimate of drug-likeness (QED) is 0.253. The van der Waals surface area contributed by atoms with Crippen LogP contribution in [0.2, 0.25) is 0 Å². The summed E-state index contributed by atoms with van der Waals surface area (Å²) in [5, 5.41) is 12.2. The van der Waals surface area contributed by atoms with Crippen molar-refractivity contribution in [3.05, 3.63) is 78.1 Å². The fourth-order valence-corrected chi connectivity index (χ4v) is 3.42. The predicted octanol–water partition coefficient (Wildman–Crippen LogP) is 7.00. The standard InChI is InChI=1S/C29H37N5O4/c1-28(2,3)37-26(35)33-24-16-9-7-14-22(24)30-18-20-12-11-13-21(32-20)19-31-23-15-8-10-17-25(23)34-27(36)38-29(4,5)6/h7-17,30-31H,18-19H2,1-6H3,(H,33,35)(H,34,36). The first kappa shape index (κ1) is 28.3. The molecule has 38 heavy (non-hydrogen) atoms. The molecule has 0 spiro atoms. The van der Waals surface area contributed by atoms with Gasteiger partial charge in [-0.25, -0.2) is 9.59 Å². The van der Waals surface area contributed by atoms with E-state index in [2.05, 4.69) is 21.3 Å². The maximum Gasteiger partial charge on any atom is 0.412 e. The molecule has 1 heterocycles. The van der Waals surface area contributed by atoms with Gasteiger partial charge in [-0.15, -0.1) is 0 Å². The summed E-state index contributed by atoms with van der Waals surface area (Å²) in [6.07, 6.45) is -1.03. The molecule has 0 bridgehead atoms. The number of rotatable bonds is 8. The molecule has 0 radical (unpaired) electrons. The van der Waals surface area contributed by atoms with Crippen molar-refractivity contribution in [3.63, 3.8) is 0 Å². The molecule has 202 valence electrons. The Balaban J connectivity index is 1.61. The molecule has 0 aliphatic carbocycles. The van der Waals surface area contributed by atoms with E-state index in [1.54, 1.807) is 0 Å². The zero-order chi connectivity index (χ0) is 27.8. The summed E-state index contributed by atoms with van der Waals surface area (Å²) in [5.74, 6) is 0. The van der Waals surface area contributed by atoms with Crippen molar-refractivity contribution in [3.8, 4) is 0 Å². The minimum absolute atomic E-state index is 0.456. The Morgan fingerprint density at radius 1 is 0.605 bits per heavy atom. The molecule has 1 aromatic heterocycles. The van der Waals surface area contributed by atoms with E-state index < -0.39 is 23.4 Å². The maximum atomic E-state index is 12.2. The molecule has 3 aromatic rings. The fourth-order valence-electron chi connectivity index (χ4n) is 3.42. The Morgan fingerprint density at radius 2 is 0.974 bits per heavy atom. The van der Waals surface area contributed by atoms with Crippen LogP contribution in [0.1, 0.15) is 52.9 Å². The zero-order valence-corrected chi connectivity index (χ0v) is 22.8.